The van der Waals surface area contributed by atoms with Crippen molar-refractivity contribution < 1.29 is 9.53 Å². The molecule has 0 spiro atoms. The van der Waals surface area contributed by atoms with E-state index in [1.54, 1.807) is 0 Å². The lowest BCUT2D eigenvalue weighted by Gasteiger charge is -2.27. The molecule has 0 atom stereocenters. The minimum absolute atomic E-state index is 0.107. The Morgan fingerprint density at radius 3 is 2.78 bits per heavy atom. The summed E-state index contributed by atoms with van der Waals surface area (Å²) in [5, 5.41) is 18.1. The van der Waals surface area contributed by atoms with Crippen molar-refractivity contribution in [3.05, 3.63) is 11.8 Å². The van der Waals surface area contributed by atoms with E-state index in [1.807, 2.05) is 19.9 Å². The summed E-state index contributed by atoms with van der Waals surface area (Å²) in [5.74, 6) is -0.325. The molecule has 1 aliphatic heterocycles. The van der Waals surface area contributed by atoms with Crippen molar-refractivity contribution in [2.75, 3.05) is 52.4 Å². The molecule has 1 aliphatic rings. The minimum atomic E-state index is -0.325. The van der Waals surface area contributed by atoms with Gasteiger partial charge in [0.1, 0.15) is 11.6 Å². The van der Waals surface area contributed by atoms with E-state index < -0.39 is 0 Å². The first-order valence-corrected chi connectivity index (χ1v) is 8.30. The third kappa shape index (κ3) is 9.18. The standard InChI is InChI=1S/C16H29N5O2/c1-14(2)23-11-3-4-19-13-15(12-17)16(22)20-7-10-21-8-5-18-6-9-21/h13-14,18-19H,3-11H2,1-2H3,(H,20,22)/b15-13-. The number of nitrogens with one attached hydrogen (secondary N) is 3. The van der Waals surface area contributed by atoms with E-state index in [9.17, 15) is 4.79 Å². The minimum Gasteiger partial charge on any atom is -0.390 e. The molecule has 1 fully saturated rings. The number of ether oxygens (including phenoxy) is 1. The van der Waals surface area contributed by atoms with Gasteiger partial charge in [0.05, 0.1) is 6.10 Å². The van der Waals surface area contributed by atoms with Gasteiger partial charge in [-0.25, -0.2) is 0 Å². The van der Waals surface area contributed by atoms with Crippen LogP contribution in [0.5, 0.6) is 0 Å². The third-order valence-electron chi connectivity index (χ3n) is 3.45. The van der Waals surface area contributed by atoms with Crippen LogP contribution in [0.25, 0.3) is 0 Å². The fourth-order valence-corrected chi connectivity index (χ4v) is 2.17. The zero-order valence-corrected chi connectivity index (χ0v) is 14.2. The Hall–Kier alpha value is -1.62. The number of piperazine rings is 1. The van der Waals surface area contributed by atoms with Gasteiger partial charge < -0.3 is 20.7 Å². The first kappa shape index (κ1) is 19.4. The molecule has 1 rings (SSSR count). The first-order valence-electron chi connectivity index (χ1n) is 8.30. The van der Waals surface area contributed by atoms with Crippen molar-refractivity contribution in [2.45, 2.75) is 26.4 Å². The van der Waals surface area contributed by atoms with Crippen LogP contribution < -0.4 is 16.0 Å². The molecule has 0 bridgehead atoms. The molecular weight excluding hydrogens is 294 g/mol. The molecule has 0 aromatic carbocycles. The fourth-order valence-electron chi connectivity index (χ4n) is 2.17. The number of nitrogens with zero attached hydrogens (tertiary/aromatic N) is 2. The maximum Gasteiger partial charge on any atom is 0.263 e. The van der Waals surface area contributed by atoms with Crippen molar-refractivity contribution in [2.24, 2.45) is 0 Å². The highest BCUT2D eigenvalue weighted by atomic mass is 16.5. The Kier molecular flexibility index (Phi) is 10.0. The quantitative estimate of drug-likeness (QED) is 0.294. The van der Waals surface area contributed by atoms with E-state index in [-0.39, 0.29) is 17.6 Å². The maximum absolute atomic E-state index is 11.9. The molecule has 0 saturated carbocycles. The second-order valence-electron chi connectivity index (χ2n) is 5.74. The van der Waals surface area contributed by atoms with Gasteiger partial charge in [0.25, 0.3) is 5.91 Å². The topological polar surface area (TPSA) is 89.4 Å². The highest BCUT2D eigenvalue weighted by Crippen LogP contribution is 1.94. The molecular formula is C16H29N5O2. The monoisotopic (exact) mass is 323 g/mol. The Morgan fingerprint density at radius 2 is 2.13 bits per heavy atom. The predicted octanol–water partition coefficient (Wildman–Crippen LogP) is -0.180. The number of rotatable bonds is 10. The lowest BCUT2D eigenvalue weighted by atomic mass is 10.3. The van der Waals surface area contributed by atoms with Crippen LogP contribution in [0.15, 0.2) is 11.8 Å². The Labute approximate surface area is 139 Å². The summed E-state index contributed by atoms with van der Waals surface area (Å²) in [6, 6.07) is 1.93. The Balaban J connectivity index is 2.17. The lowest BCUT2D eigenvalue weighted by Crippen LogP contribution is -2.46. The van der Waals surface area contributed by atoms with Crippen molar-refractivity contribution >= 4 is 5.91 Å². The van der Waals surface area contributed by atoms with Gasteiger partial charge in [-0.05, 0) is 20.3 Å². The molecule has 1 heterocycles. The van der Waals surface area contributed by atoms with Crippen molar-refractivity contribution in [1.82, 2.24) is 20.9 Å². The molecule has 0 unspecified atom stereocenters. The molecule has 0 aliphatic carbocycles. The van der Waals surface area contributed by atoms with E-state index in [2.05, 4.69) is 20.9 Å². The molecule has 7 heteroatoms. The summed E-state index contributed by atoms with van der Waals surface area (Å²) in [7, 11) is 0. The van der Waals surface area contributed by atoms with Gasteiger partial charge in [0, 0.05) is 58.6 Å². The zero-order valence-electron chi connectivity index (χ0n) is 14.2. The van der Waals surface area contributed by atoms with Crippen molar-refractivity contribution in [3.63, 3.8) is 0 Å². The Morgan fingerprint density at radius 1 is 1.39 bits per heavy atom. The van der Waals surface area contributed by atoms with Gasteiger partial charge >= 0.3 is 0 Å². The van der Waals surface area contributed by atoms with Gasteiger partial charge in [0.2, 0.25) is 0 Å². The second kappa shape index (κ2) is 11.9. The molecule has 0 aromatic rings. The van der Waals surface area contributed by atoms with E-state index >= 15 is 0 Å². The largest absolute Gasteiger partial charge is 0.390 e. The van der Waals surface area contributed by atoms with Gasteiger partial charge in [-0.1, -0.05) is 0 Å². The van der Waals surface area contributed by atoms with Crippen LogP contribution >= 0.6 is 0 Å². The van der Waals surface area contributed by atoms with Gasteiger partial charge in [-0.3, -0.25) is 9.69 Å². The summed E-state index contributed by atoms with van der Waals surface area (Å²) in [4.78, 5) is 14.2. The van der Waals surface area contributed by atoms with Crippen molar-refractivity contribution in [3.8, 4) is 6.07 Å². The third-order valence-corrected chi connectivity index (χ3v) is 3.45. The summed E-state index contributed by atoms with van der Waals surface area (Å²) >= 11 is 0. The summed E-state index contributed by atoms with van der Waals surface area (Å²) < 4.78 is 5.42. The van der Waals surface area contributed by atoms with E-state index in [4.69, 9.17) is 10.00 Å². The van der Waals surface area contributed by atoms with E-state index in [1.165, 1.54) is 6.20 Å². The van der Waals surface area contributed by atoms with Crippen LogP contribution in [-0.2, 0) is 9.53 Å². The predicted molar refractivity (Wildman–Crippen MR) is 89.7 cm³/mol. The number of hydrogen-bond donors (Lipinski definition) is 3. The molecule has 7 nitrogen and oxygen atoms in total. The summed E-state index contributed by atoms with van der Waals surface area (Å²) in [5.41, 5.74) is 0.107. The van der Waals surface area contributed by atoms with E-state index in [0.717, 1.165) is 39.1 Å². The molecule has 0 radical (unpaired) electrons. The lowest BCUT2D eigenvalue weighted by molar-refractivity contribution is -0.117. The van der Waals surface area contributed by atoms with Crippen LogP contribution in [-0.4, -0.2) is 69.3 Å². The van der Waals surface area contributed by atoms with Gasteiger partial charge in [-0.15, -0.1) is 0 Å². The smallest absolute Gasteiger partial charge is 0.263 e. The van der Waals surface area contributed by atoms with Crippen LogP contribution in [0.1, 0.15) is 20.3 Å². The van der Waals surface area contributed by atoms with Gasteiger partial charge in [-0.2, -0.15) is 5.26 Å². The van der Waals surface area contributed by atoms with Gasteiger partial charge in [0.15, 0.2) is 0 Å². The second-order valence-corrected chi connectivity index (χ2v) is 5.74. The normalized spacial score (nSPS) is 16.2. The molecule has 130 valence electrons. The SMILES string of the molecule is CC(C)OCCCN/C=C(/C#N)C(=O)NCCN1CCNCC1. The van der Waals surface area contributed by atoms with Crippen LogP contribution in [0.2, 0.25) is 0 Å². The molecule has 1 saturated heterocycles. The van der Waals surface area contributed by atoms with Crippen LogP contribution in [0, 0.1) is 11.3 Å². The number of amides is 1. The average molecular weight is 323 g/mol. The fraction of sp³-hybridized carbons (Fsp3) is 0.750. The number of carbonyl (C=O) groups excluding carboxylic acids is 1. The average Bonchev–Trinajstić information content (AvgIpc) is 2.55. The highest BCUT2D eigenvalue weighted by Gasteiger charge is 2.11. The Bertz CT molecular complexity index is 411. The van der Waals surface area contributed by atoms with Crippen molar-refractivity contribution in [1.29, 1.82) is 5.26 Å². The summed E-state index contributed by atoms with van der Waals surface area (Å²) in [6.45, 7) is 10.7. The zero-order chi connectivity index (χ0) is 16.9. The molecule has 23 heavy (non-hydrogen) atoms. The first-order chi connectivity index (χ1) is 11.1. The van der Waals surface area contributed by atoms with E-state index in [0.29, 0.717) is 19.7 Å². The number of hydrogen-bond acceptors (Lipinski definition) is 6. The molecule has 0 aromatic heterocycles. The highest BCUT2D eigenvalue weighted by molar-refractivity contribution is 5.97. The summed E-state index contributed by atoms with van der Waals surface area (Å²) in [6.07, 6.45) is 2.54. The molecule has 1 amide bonds. The number of carbonyl (C=O) groups is 1. The number of nitriles is 1. The maximum atomic E-state index is 11.9. The van der Waals surface area contributed by atoms with Crippen LogP contribution in [0.3, 0.4) is 0 Å². The molecule has 3 N–H and O–H groups in total. The van der Waals surface area contributed by atoms with Crippen LogP contribution in [0.4, 0.5) is 0 Å².